The first-order valence-electron chi connectivity index (χ1n) is 12.9. The zero-order valence-electron chi connectivity index (χ0n) is 23.7. The number of rotatable bonds is 11. The molecule has 11 heteroatoms. The van der Waals surface area contributed by atoms with Gasteiger partial charge in [-0.1, -0.05) is 54.1 Å². The lowest BCUT2D eigenvalue weighted by Gasteiger charge is -2.35. The predicted octanol–water partition coefficient (Wildman–Crippen LogP) is 4.81. The maximum atomic E-state index is 14.1. The van der Waals surface area contributed by atoms with E-state index in [1.807, 2.05) is 51.1 Å². The van der Waals surface area contributed by atoms with Crippen molar-refractivity contribution in [2.45, 2.75) is 45.3 Å². The summed E-state index contributed by atoms with van der Waals surface area (Å²) >= 11 is 6.17. The summed E-state index contributed by atoms with van der Waals surface area (Å²) < 4.78 is 45.9. The Kier molecular flexibility index (Phi) is 10.4. The molecule has 0 radical (unpaired) electrons. The largest absolute Gasteiger partial charge is 0.495 e. The third kappa shape index (κ3) is 9.19. The van der Waals surface area contributed by atoms with E-state index in [1.165, 1.54) is 48.4 Å². The molecule has 3 rings (SSSR count). The second kappa shape index (κ2) is 13.4. The molecule has 0 spiro atoms. The number of hydrogen-bond acceptors (Lipinski definition) is 5. The lowest BCUT2D eigenvalue weighted by molar-refractivity contribution is -0.140. The van der Waals surface area contributed by atoms with Crippen molar-refractivity contribution in [2.75, 3.05) is 24.2 Å². The van der Waals surface area contributed by atoms with Crippen molar-refractivity contribution < 1.29 is 27.1 Å². The van der Waals surface area contributed by atoms with Crippen LogP contribution in [0.5, 0.6) is 5.75 Å². The Hall–Kier alpha value is -3.63. The molecule has 0 bridgehead atoms. The molecule has 0 aliphatic carbocycles. The monoisotopic (exact) mass is 603 g/mol. The van der Waals surface area contributed by atoms with Gasteiger partial charge in [0, 0.05) is 23.5 Å². The number of ether oxygens (including phenoxy) is 1. The highest BCUT2D eigenvalue weighted by molar-refractivity contribution is 7.92. The number of nitrogens with one attached hydrogen (secondary N) is 1. The van der Waals surface area contributed by atoms with Crippen LogP contribution in [0.3, 0.4) is 0 Å². The molecule has 0 saturated heterocycles. The number of nitrogens with zero attached hydrogens (tertiary/aromatic N) is 2. The molecule has 0 aliphatic rings. The number of methoxy groups -OCH3 is 1. The summed E-state index contributed by atoms with van der Waals surface area (Å²) in [6, 6.07) is 18.2. The van der Waals surface area contributed by atoms with E-state index in [0.29, 0.717) is 5.56 Å². The molecule has 3 aromatic rings. The zero-order valence-corrected chi connectivity index (χ0v) is 25.3. The van der Waals surface area contributed by atoms with Crippen LogP contribution in [0.2, 0.25) is 5.02 Å². The van der Waals surface area contributed by atoms with Crippen LogP contribution in [0.15, 0.2) is 72.8 Å². The van der Waals surface area contributed by atoms with E-state index in [9.17, 15) is 22.4 Å². The molecule has 3 aromatic carbocycles. The SMILES string of the molecule is COc1ccc(Cl)cc1N(CC(=O)N(Cc1ccc(F)cc1)[C@@H](Cc1ccccc1)C(=O)NC(C)(C)C)S(C)(=O)=O. The molecule has 0 heterocycles. The van der Waals surface area contributed by atoms with E-state index in [-0.39, 0.29) is 29.4 Å². The fraction of sp³-hybridized carbons (Fsp3) is 0.333. The van der Waals surface area contributed by atoms with Gasteiger partial charge in [0.2, 0.25) is 21.8 Å². The zero-order chi connectivity index (χ0) is 30.4. The van der Waals surface area contributed by atoms with E-state index in [1.54, 1.807) is 6.07 Å². The molecule has 8 nitrogen and oxygen atoms in total. The minimum atomic E-state index is -4.01. The minimum absolute atomic E-state index is 0.0710. The van der Waals surface area contributed by atoms with Gasteiger partial charge < -0.3 is 15.0 Å². The Labute approximate surface area is 246 Å². The first-order chi connectivity index (χ1) is 19.2. The van der Waals surface area contributed by atoms with Gasteiger partial charge in [0.1, 0.15) is 24.2 Å². The summed E-state index contributed by atoms with van der Waals surface area (Å²) in [5.41, 5.74) is 0.836. The van der Waals surface area contributed by atoms with Crippen LogP contribution < -0.4 is 14.4 Å². The van der Waals surface area contributed by atoms with Crippen LogP contribution in [-0.4, -0.2) is 56.6 Å². The van der Waals surface area contributed by atoms with Crippen molar-refractivity contribution in [1.82, 2.24) is 10.2 Å². The second-order valence-corrected chi connectivity index (χ2v) is 13.0. The van der Waals surface area contributed by atoms with Gasteiger partial charge in [-0.2, -0.15) is 0 Å². The topological polar surface area (TPSA) is 96.0 Å². The van der Waals surface area contributed by atoms with E-state index in [4.69, 9.17) is 16.3 Å². The van der Waals surface area contributed by atoms with Gasteiger partial charge in [0.05, 0.1) is 19.1 Å². The molecule has 1 N–H and O–H groups in total. The number of carbonyl (C=O) groups is 2. The molecule has 0 aromatic heterocycles. The standard InChI is InChI=1S/C30H35ClFN3O5S/c1-30(2,3)33-29(37)26(17-21-9-7-6-8-10-21)34(19-22-11-14-24(32)15-12-22)28(36)20-35(41(5,38)39)25-18-23(31)13-16-27(25)40-4/h6-16,18,26H,17,19-20H2,1-5H3,(H,33,37)/t26-/m0/s1. The van der Waals surface area contributed by atoms with E-state index < -0.39 is 45.8 Å². The van der Waals surface area contributed by atoms with Crippen LogP contribution in [0.4, 0.5) is 10.1 Å². The fourth-order valence-corrected chi connectivity index (χ4v) is 5.26. The van der Waals surface area contributed by atoms with Gasteiger partial charge in [-0.25, -0.2) is 12.8 Å². The van der Waals surface area contributed by atoms with Crippen LogP contribution in [-0.2, 0) is 32.6 Å². The first kappa shape index (κ1) is 31.9. The van der Waals surface area contributed by atoms with Crippen molar-refractivity contribution in [2.24, 2.45) is 0 Å². The van der Waals surface area contributed by atoms with Crippen molar-refractivity contribution in [1.29, 1.82) is 0 Å². The molecule has 0 unspecified atom stereocenters. The maximum Gasteiger partial charge on any atom is 0.244 e. The van der Waals surface area contributed by atoms with E-state index >= 15 is 0 Å². The van der Waals surface area contributed by atoms with Gasteiger partial charge in [0.15, 0.2) is 0 Å². The normalized spacial score (nSPS) is 12.4. The molecule has 1 atom stereocenters. The average molecular weight is 604 g/mol. The maximum absolute atomic E-state index is 14.1. The molecule has 41 heavy (non-hydrogen) atoms. The number of hydrogen-bond donors (Lipinski definition) is 1. The first-order valence-corrected chi connectivity index (χ1v) is 15.1. The van der Waals surface area contributed by atoms with Crippen LogP contribution in [0, 0.1) is 5.82 Å². The highest BCUT2D eigenvalue weighted by Crippen LogP contribution is 2.33. The van der Waals surface area contributed by atoms with Gasteiger partial charge in [-0.05, 0) is 62.2 Å². The van der Waals surface area contributed by atoms with Gasteiger partial charge >= 0.3 is 0 Å². The Balaban J connectivity index is 2.11. The number of anilines is 1. The Morgan fingerprint density at radius 3 is 2.20 bits per heavy atom. The Morgan fingerprint density at radius 2 is 1.63 bits per heavy atom. The summed E-state index contributed by atoms with van der Waals surface area (Å²) in [6.45, 7) is 4.78. The summed E-state index contributed by atoms with van der Waals surface area (Å²) in [5.74, 6) is -1.31. The molecule has 0 aliphatic heterocycles. The average Bonchev–Trinajstić information content (AvgIpc) is 2.89. The van der Waals surface area contributed by atoms with Crippen LogP contribution >= 0.6 is 11.6 Å². The van der Waals surface area contributed by atoms with Crippen molar-refractivity contribution in [3.05, 3.63) is 94.8 Å². The second-order valence-electron chi connectivity index (χ2n) is 10.7. The van der Waals surface area contributed by atoms with Crippen LogP contribution in [0.1, 0.15) is 31.9 Å². The van der Waals surface area contributed by atoms with Gasteiger partial charge in [0.25, 0.3) is 0 Å². The molecular weight excluding hydrogens is 569 g/mol. The minimum Gasteiger partial charge on any atom is -0.495 e. The van der Waals surface area contributed by atoms with E-state index in [0.717, 1.165) is 16.1 Å². The molecule has 220 valence electrons. The summed E-state index contributed by atoms with van der Waals surface area (Å²) in [6.07, 6.45) is 1.13. The van der Waals surface area contributed by atoms with Gasteiger partial charge in [-0.15, -0.1) is 0 Å². The molecule has 0 saturated carbocycles. The fourth-order valence-electron chi connectivity index (χ4n) is 4.25. The Morgan fingerprint density at radius 1 is 1.00 bits per heavy atom. The van der Waals surface area contributed by atoms with Crippen molar-refractivity contribution >= 4 is 39.1 Å². The van der Waals surface area contributed by atoms with Crippen molar-refractivity contribution in [3.63, 3.8) is 0 Å². The third-order valence-corrected chi connectivity index (χ3v) is 7.49. The number of amides is 2. The third-order valence-electron chi connectivity index (χ3n) is 6.12. The highest BCUT2D eigenvalue weighted by Gasteiger charge is 2.35. The molecule has 2 amide bonds. The smallest absolute Gasteiger partial charge is 0.244 e. The highest BCUT2D eigenvalue weighted by atomic mass is 35.5. The lowest BCUT2D eigenvalue weighted by Crippen LogP contribution is -2.56. The van der Waals surface area contributed by atoms with E-state index in [2.05, 4.69) is 5.32 Å². The van der Waals surface area contributed by atoms with Crippen molar-refractivity contribution in [3.8, 4) is 5.75 Å². The summed E-state index contributed by atoms with van der Waals surface area (Å²) in [5, 5.41) is 3.20. The number of halogens is 2. The summed E-state index contributed by atoms with van der Waals surface area (Å²) in [7, 11) is -2.63. The van der Waals surface area contributed by atoms with Crippen LogP contribution in [0.25, 0.3) is 0 Å². The lowest BCUT2D eigenvalue weighted by atomic mass is 10.0. The number of carbonyl (C=O) groups excluding carboxylic acids is 2. The number of benzene rings is 3. The van der Waals surface area contributed by atoms with Gasteiger partial charge in [-0.3, -0.25) is 13.9 Å². The molecular formula is C30H35ClFN3O5S. The summed E-state index contributed by atoms with van der Waals surface area (Å²) in [4.78, 5) is 29.2. The number of sulfonamides is 1. The quantitative estimate of drug-likeness (QED) is 0.339. The Bertz CT molecular complexity index is 1460. The predicted molar refractivity (Wildman–Crippen MR) is 159 cm³/mol. The molecule has 0 fully saturated rings.